The normalized spacial score (nSPS) is 13.5. The summed E-state index contributed by atoms with van der Waals surface area (Å²) in [4.78, 5) is 26.6. The Kier molecular flexibility index (Phi) is 4.53. The SMILES string of the molecule is COC(=O)c1c(Cl)cc2c(c1Cl)CCN(C(=O)c1ccc3cn[nH]c3c1)C2. The first-order valence-electron chi connectivity index (χ1n) is 8.30. The third-order valence-corrected chi connectivity index (χ3v) is 5.49. The molecule has 3 aromatic rings. The highest BCUT2D eigenvalue weighted by Crippen LogP contribution is 2.35. The second kappa shape index (κ2) is 6.87. The topological polar surface area (TPSA) is 75.3 Å². The summed E-state index contributed by atoms with van der Waals surface area (Å²) in [5.41, 5.74) is 3.23. The van der Waals surface area contributed by atoms with E-state index in [1.54, 1.807) is 29.3 Å². The van der Waals surface area contributed by atoms with Crippen molar-refractivity contribution < 1.29 is 14.3 Å². The molecule has 0 saturated carbocycles. The van der Waals surface area contributed by atoms with E-state index in [2.05, 4.69) is 10.2 Å². The van der Waals surface area contributed by atoms with Crippen LogP contribution in [0.2, 0.25) is 10.0 Å². The van der Waals surface area contributed by atoms with Gasteiger partial charge in [-0.15, -0.1) is 0 Å². The number of fused-ring (bicyclic) bond motifs is 2. The molecule has 0 aliphatic carbocycles. The first kappa shape index (κ1) is 17.8. The zero-order chi connectivity index (χ0) is 19.1. The Morgan fingerprint density at radius 3 is 2.85 bits per heavy atom. The maximum absolute atomic E-state index is 12.9. The Labute approximate surface area is 165 Å². The number of hydrogen-bond acceptors (Lipinski definition) is 4. The minimum absolute atomic E-state index is 0.0820. The molecular weight excluding hydrogens is 389 g/mol. The third-order valence-electron chi connectivity index (χ3n) is 4.77. The summed E-state index contributed by atoms with van der Waals surface area (Å²) in [6, 6.07) is 7.13. The average molecular weight is 404 g/mol. The van der Waals surface area contributed by atoms with E-state index in [9.17, 15) is 9.59 Å². The van der Waals surface area contributed by atoms with Gasteiger partial charge in [0.2, 0.25) is 0 Å². The molecule has 4 rings (SSSR count). The standard InChI is InChI=1S/C19H15Cl2N3O3/c1-27-19(26)16-14(20)6-12-9-24(5-4-13(12)17(16)21)18(25)10-2-3-11-8-22-23-15(11)7-10/h2-3,6-8H,4-5,9H2,1H3,(H,22,23). The molecule has 27 heavy (non-hydrogen) atoms. The molecule has 138 valence electrons. The van der Waals surface area contributed by atoms with Crippen molar-refractivity contribution in [2.45, 2.75) is 13.0 Å². The highest BCUT2D eigenvalue weighted by Gasteiger charge is 2.28. The number of nitrogens with one attached hydrogen (secondary N) is 1. The molecule has 1 N–H and O–H groups in total. The number of amides is 1. The molecule has 2 heterocycles. The maximum atomic E-state index is 12.9. The zero-order valence-corrected chi connectivity index (χ0v) is 15.9. The Bertz CT molecular complexity index is 1080. The van der Waals surface area contributed by atoms with Crippen LogP contribution in [0.5, 0.6) is 0 Å². The Morgan fingerprint density at radius 1 is 1.26 bits per heavy atom. The maximum Gasteiger partial charge on any atom is 0.340 e. The van der Waals surface area contributed by atoms with Crippen LogP contribution < -0.4 is 0 Å². The number of nitrogens with zero attached hydrogens (tertiary/aromatic N) is 2. The number of hydrogen-bond donors (Lipinski definition) is 1. The number of carbonyl (C=O) groups excluding carboxylic acids is 2. The highest BCUT2D eigenvalue weighted by atomic mass is 35.5. The van der Waals surface area contributed by atoms with Crippen LogP contribution in [-0.2, 0) is 17.7 Å². The van der Waals surface area contributed by atoms with Crippen LogP contribution in [0.3, 0.4) is 0 Å². The Balaban J connectivity index is 1.64. The molecule has 1 aromatic heterocycles. The molecule has 0 spiro atoms. The fraction of sp³-hybridized carbons (Fsp3) is 0.211. The molecule has 0 fully saturated rings. The van der Waals surface area contributed by atoms with Gasteiger partial charge < -0.3 is 9.64 Å². The number of rotatable bonds is 2. The molecule has 1 aliphatic heterocycles. The van der Waals surface area contributed by atoms with E-state index in [1.807, 2.05) is 6.07 Å². The van der Waals surface area contributed by atoms with Gasteiger partial charge in [0.1, 0.15) is 0 Å². The summed E-state index contributed by atoms with van der Waals surface area (Å²) in [6.45, 7) is 0.866. The summed E-state index contributed by atoms with van der Waals surface area (Å²) in [5.74, 6) is -0.652. The van der Waals surface area contributed by atoms with E-state index in [-0.39, 0.29) is 16.5 Å². The largest absolute Gasteiger partial charge is 0.465 e. The third kappa shape index (κ3) is 3.05. The number of halogens is 2. The van der Waals surface area contributed by atoms with Gasteiger partial charge in [-0.25, -0.2) is 4.79 Å². The summed E-state index contributed by atoms with van der Waals surface area (Å²) >= 11 is 12.6. The number of aromatic amines is 1. The number of benzene rings is 2. The lowest BCUT2D eigenvalue weighted by atomic mass is 9.96. The molecule has 0 bridgehead atoms. The van der Waals surface area contributed by atoms with Gasteiger partial charge in [-0.3, -0.25) is 9.89 Å². The molecular formula is C19H15Cl2N3O3. The van der Waals surface area contributed by atoms with Crippen LogP contribution in [-0.4, -0.2) is 40.6 Å². The van der Waals surface area contributed by atoms with Crippen molar-refractivity contribution in [3.63, 3.8) is 0 Å². The van der Waals surface area contributed by atoms with Gasteiger partial charge >= 0.3 is 5.97 Å². The average Bonchev–Trinajstić information content (AvgIpc) is 3.14. The number of aromatic nitrogens is 2. The molecule has 0 atom stereocenters. The fourth-order valence-corrected chi connectivity index (χ4v) is 4.11. The van der Waals surface area contributed by atoms with Crippen molar-refractivity contribution in [1.29, 1.82) is 0 Å². The lowest BCUT2D eigenvalue weighted by Crippen LogP contribution is -2.36. The van der Waals surface area contributed by atoms with Gasteiger partial charge in [0, 0.05) is 24.0 Å². The lowest BCUT2D eigenvalue weighted by Gasteiger charge is -2.30. The van der Waals surface area contributed by atoms with Crippen LogP contribution in [0, 0.1) is 0 Å². The van der Waals surface area contributed by atoms with Gasteiger partial charge in [-0.05, 0) is 35.7 Å². The summed E-state index contributed by atoms with van der Waals surface area (Å²) in [7, 11) is 1.28. The predicted octanol–water partition coefficient (Wildman–Crippen LogP) is 3.85. The quantitative estimate of drug-likeness (QED) is 0.659. The molecule has 1 aliphatic rings. The number of esters is 1. The van der Waals surface area contributed by atoms with E-state index in [1.165, 1.54) is 7.11 Å². The second-order valence-electron chi connectivity index (χ2n) is 6.33. The second-order valence-corrected chi connectivity index (χ2v) is 7.11. The highest BCUT2D eigenvalue weighted by molar-refractivity contribution is 6.40. The van der Waals surface area contributed by atoms with Crippen LogP contribution >= 0.6 is 23.2 Å². The number of carbonyl (C=O) groups is 2. The van der Waals surface area contributed by atoms with E-state index >= 15 is 0 Å². The Morgan fingerprint density at radius 2 is 2.07 bits per heavy atom. The molecule has 8 heteroatoms. The minimum atomic E-state index is -0.570. The van der Waals surface area contributed by atoms with Crippen molar-refractivity contribution in [2.24, 2.45) is 0 Å². The van der Waals surface area contributed by atoms with Gasteiger partial charge in [0.25, 0.3) is 5.91 Å². The van der Waals surface area contributed by atoms with Crippen LogP contribution in [0.25, 0.3) is 10.9 Å². The molecule has 6 nitrogen and oxygen atoms in total. The predicted molar refractivity (Wildman–Crippen MR) is 102 cm³/mol. The molecule has 0 unspecified atom stereocenters. The summed E-state index contributed by atoms with van der Waals surface area (Å²) < 4.78 is 4.75. The Hall–Kier alpha value is -2.57. The van der Waals surface area contributed by atoms with Crippen LogP contribution in [0.15, 0.2) is 30.5 Å². The van der Waals surface area contributed by atoms with E-state index in [4.69, 9.17) is 27.9 Å². The van der Waals surface area contributed by atoms with E-state index < -0.39 is 5.97 Å². The van der Waals surface area contributed by atoms with E-state index in [0.717, 1.165) is 22.0 Å². The van der Waals surface area contributed by atoms with Crippen molar-refractivity contribution in [1.82, 2.24) is 15.1 Å². The first-order valence-corrected chi connectivity index (χ1v) is 9.05. The van der Waals surface area contributed by atoms with Crippen molar-refractivity contribution in [3.05, 3.63) is 62.8 Å². The smallest absolute Gasteiger partial charge is 0.340 e. The van der Waals surface area contributed by atoms with Crippen LogP contribution in [0.1, 0.15) is 31.8 Å². The molecule has 0 saturated heterocycles. The number of H-pyrrole nitrogens is 1. The first-order chi connectivity index (χ1) is 13.0. The van der Waals surface area contributed by atoms with Crippen molar-refractivity contribution in [3.8, 4) is 0 Å². The van der Waals surface area contributed by atoms with Gasteiger partial charge in [0.05, 0.1) is 34.4 Å². The molecule has 1 amide bonds. The summed E-state index contributed by atoms with van der Waals surface area (Å²) in [6.07, 6.45) is 2.25. The lowest BCUT2D eigenvalue weighted by molar-refractivity contribution is 0.0599. The molecule has 2 aromatic carbocycles. The van der Waals surface area contributed by atoms with Gasteiger partial charge in [-0.1, -0.05) is 29.3 Å². The van der Waals surface area contributed by atoms with E-state index in [0.29, 0.717) is 30.1 Å². The van der Waals surface area contributed by atoms with Gasteiger partial charge in [0.15, 0.2) is 0 Å². The van der Waals surface area contributed by atoms with Crippen molar-refractivity contribution in [2.75, 3.05) is 13.7 Å². The van der Waals surface area contributed by atoms with Crippen molar-refractivity contribution >= 4 is 46.0 Å². The van der Waals surface area contributed by atoms with Crippen LogP contribution in [0.4, 0.5) is 0 Å². The monoisotopic (exact) mass is 403 g/mol. The fourth-order valence-electron chi connectivity index (χ4n) is 3.37. The number of ether oxygens (including phenoxy) is 1. The van der Waals surface area contributed by atoms with Gasteiger partial charge in [-0.2, -0.15) is 5.10 Å². The number of methoxy groups -OCH3 is 1. The molecule has 0 radical (unpaired) electrons. The zero-order valence-electron chi connectivity index (χ0n) is 14.4. The summed E-state index contributed by atoms with van der Waals surface area (Å²) in [5, 5.41) is 8.32. The minimum Gasteiger partial charge on any atom is -0.465 e.